The topological polar surface area (TPSA) is 56.8 Å². The number of hydrogen-bond donors (Lipinski definition) is 1. The van der Waals surface area contributed by atoms with Gasteiger partial charge >= 0.3 is 6.09 Å². The molecule has 5 heteroatoms. The second-order valence-corrected chi connectivity index (χ2v) is 5.00. The number of benzene rings is 2. The van der Waals surface area contributed by atoms with E-state index in [9.17, 15) is 4.79 Å². The van der Waals surface area contributed by atoms with E-state index in [0.717, 1.165) is 17.1 Å². The van der Waals surface area contributed by atoms with Crippen molar-refractivity contribution in [2.75, 3.05) is 13.2 Å². The Labute approximate surface area is 128 Å². The Morgan fingerprint density at radius 1 is 1.00 bits per heavy atom. The van der Waals surface area contributed by atoms with Crippen molar-refractivity contribution in [2.24, 2.45) is 0 Å². The van der Waals surface area contributed by atoms with Gasteiger partial charge in [0.25, 0.3) is 0 Å². The number of ether oxygens (including phenoxy) is 3. The van der Waals surface area contributed by atoms with Crippen molar-refractivity contribution >= 4 is 6.09 Å². The van der Waals surface area contributed by atoms with Gasteiger partial charge < -0.3 is 19.5 Å². The lowest BCUT2D eigenvalue weighted by Gasteiger charge is -2.11. The van der Waals surface area contributed by atoms with Crippen LogP contribution in [0.4, 0.5) is 4.79 Å². The number of amides is 1. The molecule has 2 aromatic rings. The number of carbonyl (C=O) groups is 1. The average Bonchev–Trinajstić information content (AvgIpc) is 2.98. The normalized spacial score (nSPS) is 16.7. The number of cyclic esters (lactones) is 1. The van der Waals surface area contributed by atoms with Gasteiger partial charge in [-0.15, -0.1) is 0 Å². The predicted molar refractivity (Wildman–Crippen MR) is 81.0 cm³/mol. The van der Waals surface area contributed by atoms with E-state index in [1.54, 1.807) is 0 Å². The van der Waals surface area contributed by atoms with Gasteiger partial charge in [0.05, 0.1) is 0 Å². The zero-order valence-electron chi connectivity index (χ0n) is 12.0. The van der Waals surface area contributed by atoms with Crippen LogP contribution in [0.15, 0.2) is 54.6 Å². The van der Waals surface area contributed by atoms with Crippen LogP contribution >= 0.6 is 0 Å². The van der Waals surface area contributed by atoms with Crippen molar-refractivity contribution in [3.8, 4) is 11.5 Å². The minimum Gasteiger partial charge on any atom is -0.491 e. The summed E-state index contributed by atoms with van der Waals surface area (Å²) in [6.07, 6.45) is -0.391. The first kappa shape index (κ1) is 14.3. The quantitative estimate of drug-likeness (QED) is 0.891. The molecule has 0 aromatic heterocycles. The van der Waals surface area contributed by atoms with E-state index in [1.165, 1.54) is 0 Å². The van der Waals surface area contributed by atoms with Crippen LogP contribution in [0.5, 0.6) is 11.5 Å². The molecule has 0 aliphatic carbocycles. The molecule has 0 spiro atoms. The summed E-state index contributed by atoms with van der Waals surface area (Å²) in [5.41, 5.74) is 1.12. The highest BCUT2D eigenvalue weighted by molar-refractivity contribution is 5.69. The molecule has 5 nitrogen and oxygen atoms in total. The lowest BCUT2D eigenvalue weighted by molar-refractivity contribution is 0.174. The van der Waals surface area contributed by atoms with Crippen molar-refractivity contribution in [2.45, 2.75) is 12.6 Å². The van der Waals surface area contributed by atoms with Crippen LogP contribution in [0.1, 0.15) is 5.56 Å². The monoisotopic (exact) mass is 299 g/mol. The molecule has 1 atom stereocenters. The zero-order chi connectivity index (χ0) is 15.2. The Kier molecular flexibility index (Phi) is 4.44. The fourth-order valence-corrected chi connectivity index (χ4v) is 2.09. The van der Waals surface area contributed by atoms with Crippen molar-refractivity contribution in [3.63, 3.8) is 0 Å². The van der Waals surface area contributed by atoms with Gasteiger partial charge in [-0.25, -0.2) is 4.79 Å². The minimum absolute atomic E-state index is 0.0958. The number of nitrogens with one attached hydrogen (secondary N) is 1. The summed E-state index contributed by atoms with van der Waals surface area (Å²) in [6, 6.07) is 17.3. The molecule has 22 heavy (non-hydrogen) atoms. The molecule has 1 aliphatic heterocycles. The summed E-state index contributed by atoms with van der Waals surface area (Å²) in [7, 11) is 0. The first-order chi connectivity index (χ1) is 10.8. The van der Waals surface area contributed by atoms with E-state index in [2.05, 4.69) is 5.32 Å². The molecule has 1 amide bonds. The van der Waals surface area contributed by atoms with Gasteiger partial charge in [0.2, 0.25) is 0 Å². The molecule has 2 aromatic carbocycles. The highest BCUT2D eigenvalue weighted by atomic mass is 16.6. The third kappa shape index (κ3) is 3.91. The zero-order valence-corrected chi connectivity index (χ0v) is 12.0. The number of rotatable bonds is 6. The van der Waals surface area contributed by atoms with Crippen molar-refractivity contribution < 1.29 is 19.0 Å². The summed E-state index contributed by atoms with van der Waals surface area (Å²) >= 11 is 0. The Morgan fingerprint density at radius 2 is 1.68 bits per heavy atom. The molecule has 3 rings (SSSR count). The van der Waals surface area contributed by atoms with Crippen LogP contribution < -0.4 is 14.8 Å². The van der Waals surface area contributed by atoms with Crippen molar-refractivity contribution in [1.82, 2.24) is 5.32 Å². The molecule has 0 saturated carbocycles. The predicted octanol–water partition coefficient (Wildman–Crippen LogP) is 2.75. The summed E-state index contributed by atoms with van der Waals surface area (Å²) in [5, 5.41) is 2.66. The molecule has 1 heterocycles. The third-order valence-corrected chi connectivity index (χ3v) is 3.26. The van der Waals surface area contributed by atoms with Crippen LogP contribution in [0.3, 0.4) is 0 Å². The molecule has 1 saturated heterocycles. The van der Waals surface area contributed by atoms with Gasteiger partial charge in [-0.3, -0.25) is 0 Å². The van der Waals surface area contributed by atoms with E-state index in [4.69, 9.17) is 14.2 Å². The van der Waals surface area contributed by atoms with Crippen molar-refractivity contribution in [1.29, 1.82) is 0 Å². The molecule has 0 radical (unpaired) electrons. The molecule has 114 valence electrons. The Bertz CT molecular complexity index is 612. The molecular formula is C17H17NO4. The molecule has 1 N–H and O–H groups in total. The van der Waals surface area contributed by atoms with E-state index in [-0.39, 0.29) is 6.04 Å². The van der Waals surface area contributed by atoms with Crippen LogP contribution in [-0.2, 0) is 11.3 Å². The third-order valence-electron chi connectivity index (χ3n) is 3.26. The van der Waals surface area contributed by atoms with Gasteiger partial charge in [0.15, 0.2) is 0 Å². The SMILES string of the molecule is O=C1N[C@H](COc2ccc(OCc3ccccc3)cc2)CO1. The Balaban J connectivity index is 1.46. The molecule has 0 bridgehead atoms. The molecular weight excluding hydrogens is 282 g/mol. The summed E-state index contributed by atoms with van der Waals surface area (Å²) < 4.78 is 16.1. The maximum Gasteiger partial charge on any atom is 0.407 e. The van der Waals surface area contributed by atoms with E-state index in [0.29, 0.717) is 19.8 Å². The second kappa shape index (κ2) is 6.85. The first-order valence-corrected chi connectivity index (χ1v) is 7.12. The molecule has 0 unspecified atom stereocenters. The Hall–Kier alpha value is -2.69. The number of carbonyl (C=O) groups excluding carboxylic acids is 1. The smallest absolute Gasteiger partial charge is 0.407 e. The molecule has 1 fully saturated rings. The largest absolute Gasteiger partial charge is 0.491 e. The van der Waals surface area contributed by atoms with E-state index >= 15 is 0 Å². The number of alkyl carbamates (subject to hydrolysis) is 1. The maximum absolute atomic E-state index is 10.9. The van der Waals surface area contributed by atoms with Crippen LogP contribution in [-0.4, -0.2) is 25.3 Å². The summed E-state index contributed by atoms with van der Waals surface area (Å²) in [4.78, 5) is 10.9. The maximum atomic E-state index is 10.9. The number of hydrogen-bond acceptors (Lipinski definition) is 4. The van der Waals surface area contributed by atoms with Gasteiger partial charge in [-0.2, -0.15) is 0 Å². The van der Waals surface area contributed by atoms with Crippen molar-refractivity contribution in [3.05, 3.63) is 60.2 Å². The van der Waals surface area contributed by atoms with Crippen LogP contribution in [0.25, 0.3) is 0 Å². The lowest BCUT2D eigenvalue weighted by atomic mass is 10.2. The van der Waals surface area contributed by atoms with Crippen LogP contribution in [0, 0.1) is 0 Å². The second-order valence-electron chi connectivity index (χ2n) is 5.00. The van der Waals surface area contributed by atoms with Gasteiger partial charge in [0.1, 0.15) is 37.4 Å². The summed E-state index contributed by atoms with van der Waals surface area (Å²) in [6.45, 7) is 1.26. The average molecular weight is 299 g/mol. The highest BCUT2D eigenvalue weighted by Gasteiger charge is 2.22. The van der Waals surface area contributed by atoms with Gasteiger partial charge in [-0.05, 0) is 29.8 Å². The first-order valence-electron chi connectivity index (χ1n) is 7.12. The van der Waals surface area contributed by atoms with Crippen LogP contribution in [0.2, 0.25) is 0 Å². The highest BCUT2D eigenvalue weighted by Crippen LogP contribution is 2.19. The lowest BCUT2D eigenvalue weighted by Crippen LogP contribution is -2.32. The van der Waals surface area contributed by atoms with Gasteiger partial charge in [0, 0.05) is 0 Å². The standard InChI is InChI=1S/C17H17NO4/c19-17-18-14(12-22-17)11-21-16-8-6-15(7-9-16)20-10-13-4-2-1-3-5-13/h1-9,14H,10-12H2,(H,18,19)/t14-/m1/s1. The van der Waals surface area contributed by atoms with E-state index in [1.807, 2.05) is 54.6 Å². The van der Waals surface area contributed by atoms with Gasteiger partial charge in [-0.1, -0.05) is 30.3 Å². The minimum atomic E-state index is -0.391. The Morgan fingerprint density at radius 3 is 2.32 bits per heavy atom. The fourth-order valence-electron chi connectivity index (χ4n) is 2.09. The fraction of sp³-hybridized carbons (Fsp3) is 0.235. The molecule has 1 aliphatic rings. The van der Waals surface area contributed by atoms with E-state index < -0.39 is 6.09 Å². The summed E-state index contributed by atoms with van der Waals surface area (Å²) in [5.74, 6) is 1.52.